The molecule has 0 bridgehead atoms. The Morgan fingerprint density at radius 3 is 2.78 bits per heavy atom. The van der Waals surface area contributed by atoms with Gasteiger partial charge in [0.05, 0.1) is 25.3 Å². The smallest absolute Gasteiger partial charge is 0.317 e. The summed E-state index contributed by atoms with van der Waals surface area (Å²) in [6.07, 6.45) is 2.11. The minimum atomic E-state index is -0.107. The maximum Gasteiger partial charge on any atom is 0.317 e. The molecular weight excluding hydrogens is 316 g/mol. The fourth-order valence-electron chi connectivity index (χ4n) is 3.09. The molecule has 2 saturated heterocycles. The average Bonchev–Trinajstić information content (AvgIpc) is 3.10. The van der Waals surface area contributed by atoms with E-state index < -0.39 is 0 Å². The molecule has 0 aromatic heterocycles. The van der Waals surface area contributed by atoms with Gasteiger partial charge in [-0.25, -0.2) is 4.79 Å². The first kappa shape index (κ1) is 16.6. The van der Waals surface area contributed by atoms with E-state index in [1.54, 1.807) is 0 Å². The van der Waals surface area contributed by atoms with Crippen molar-refractivity contribution in [2.45, 2.75) is 38.0 Å². The molecular formula is C17H23ClN2O3. The molecule has 0 radical (unpaired) electrons. The fraction of sp³-hybridized carbons (Fsp3) is 0.588. The second-order valence-electron chi connectivity index (χ2n) is 6.15. The summed E-state index contributed by atoms with van der Waals surface area (Å²) in [5.74, 6) is 0. The number of nitrogens with one attached hydrogen (secondary N) is 1. The molecule has 2 amide bonds. The molecule has 2 fully saturated rings. The Labute approximate surface area is 141 Å². The van der Waals surface area contributed by atoms with Gasteiger partial charge in [0.25, 0.3) is 0 Å². The normalized spacial score (nSPS) is 26.1. The highest BCUT2D eigenvalue weighted by Gasteiger charge is 2.29. The quantitative estimate of drug-likeness (QED) is 0.921. The number of amides is 2. The van der Waals surface area contributed by atoms with E-state index in [4.69, 9.17) is 21.1 Å². The van der Waals surface area contributed by atoms with Crippen LogP contribution in [0.5, 0.6) is 0 Å². The number of nitrogens with zero attached hydrogens (tertiary/aromatic N) is 1. The number of halogens is 1. The predicted octanol–water partition coefficient (Wildman–Crippen LogP) is 2.99. The minimum absolute atomic E-state index is 0.0295. The third-order valence-corrected chi connectivity index (χ3v) is 4.72. The van der Waals surface area contributed by atoms with Gasteiger partial charge in [-0.1, -0.05) is 23.7 Å². The number of carbonyl (C=O) groups is 1. The Morgan fingerprint density at radius 2 is 2.09 bits per heavy atom. The third-order valence-electron chi connectivity index (χ3n) is 4.47. The standard InChI is InChI=1S/C17H23ClN2O3/c1-12(15-3-2-9-22-15)19-17(21)20-8-10-23-16(11-20)13-4-6-14(18)7-5-13/h4-7,12,15-16H,2-3,8-11H2,1H3,(H,19,21). The summed E-state index contributed by atoms with van der Waals surface area (Å²) in [7, 11) is 0. The van der Waals surface area contributed by atoms with E-state index in [1.165, 1.54) is 0 Å². The van der Waals surface area contributed by atoms with Gasteiger partial charge in [0.15, 0.2) is 0 Å². The maximum absolute atomic E-state index is 12.5. The Kier molecular flexibility index (Phi) is 5.41. The predicted molar refractivity (Wildman–Crippen MR) is 88.7 cm³/mol. The van der Waals surface area contributed by atoms with Crippen LogP contribution >= 0.6 is 11.6 Å². The Morgan fingerprint density at radius 1 is 1.30 bits per heavy atom. The van der Waals surface area contributed by atoms with Gasteiger partial charge in [-0.15, -0.1) is 0 Å². The van der Waals surface area contributed by atoms with Crippen LogP contribution in [0.2, 0.25) is 5.02 Å². The van der Waals surface area contributed by atoms with Crippen molar-refractivity contribution >= 4 is 17.6 Å². The van der Waals surface area contributed by atoms with E-state index in [2.05, 4.69) is 5.32 Å². The molecule has 3 rings (SSSR count). The largest absolute Gasteiger partial charge is 0.376 e. The number of hydrogen-bond donors (Lipinski definition) is 1. The lowest BCUT2D eigenvalue weighted by atomic mass is 10.1. The van der Waals surface area contributed by atoms with Gasteiger partial charge in [0, 0.05) is 18.2 Å². The zero-order valence-corrected chi connectivity index (χ0v) is 14.1. The van der Waals surface area contributed by atoms with Crippen LogP contribution in [0.25, 0.3) is 0 Å². The Bertz CT molecular complexity index is 531. The molecule has 3 unspecified atom stereocenters. The van der Waals surface area contributed by atoms with Crippen molar-refractivity contribution in [2.24, 2.45) is 0 Å². The van der Waals surface area contributed by atoms with E-state index in [-0.39, 0.29) is 24.3 Å². The highest BCUT2D eigenvalue weighted by atomic mass is 35.5. The molecule has 1 aromatic rings. The van der Waals surface area contributed by atoms with Crippen LogP contribution in [0.1, 0.15) is 31.4 Å². The molecule has 2 aliphatic rings. The molecule has 0 spiro atoms. The lowest BCUT2D eigenvalue weighted by Gasteiger charge is -2.34. The zero-order chi connectivity index (χ0) is 16.2. The van der Waals surface area contributed by atoms with Crippen LogP contribution in [0.4, 0.5) is 4.79 Å². The fourth-order valence-corrected chi connectivity index (χ4v) is 3.21. The molecule has 3 atom stereocenters. The van der Waals surface area contributed by atoms with E-state index >= 15 is 0 Å². The first-order chi connectivity index (χ1) is 11.1. The highest BCUT2D eigenvalue weighted by molar-refractivity contribution is 6.30. The number of hydrogen-bond acceptors (Lipinski definition) is 3. The SMILES string of the molecule is CC(NC(=O)N1CCOC(c2ccc(Cl)cc2)C1)C1CCCO1. The van der Waals surface area contributed by atoms with Crippen molar-refractivity contribution in [2.75, 3.05) is 26.3 Å². The van der Waals surface area contributed by atoms with E-state index in [1.807, 2.05) is 36.1 Å². The molecule has 6 heteroatoms. The second kappa shape index (κ2) is 7.51. The summed E-state index contributed by atoms with van der Waals surface area (Å²) in [5.41, 5.74) is 1.04. The van der Waals surface area contributed by atoms with Gasteiger partial charge in [-0.05, 0) is 37.5 Å². The van der Waals surface area contributed by atoms with Gasteiger partial charge in [-0.2, -0.15) is 0 Å². The zero-order valence-electron chi connectivity index (χ0n) is 13.3. The van der Waals surface area contributed by atoms with Crippen LogP contribution in [-0.2, 0) is 9.47 Å². The Balaban J connectivity index is 1.57. The maximum atomic E-state index is 12.5. The first-order valence-electron chi connectivity index (χ1n) is 8.17. The van der Waals surface area contributed by atoms with E-state index in [0.717, 1.165) is 25.0 Å². The summed E-state index contributed by atoms with van der Waals surface area (Å²) >= 11 is 5.92. The molecule has 23 heavy (non-hydrogen) atoms. The second-order valence-corrected chi connectivity index (χ2v) is 6.58. The van der Waals surface area contributed by atoms with Crippen molar-refractivity contribution < 1.29 is 14.3 Å². The van der Waals surface area contributed by atoms with Gasteiger partial charge < -0.3 is 19.7 Å². The summed E-state index contributed by atoms with van der Waals surface area (Å²) in [6, 6.07) is 7.57. The van der Waals surface area contributed by atoms with Crippen LogP contribution in [-0.4, -0.2) is 49.4 Å². The van der Waals surface area contributed by atoms with Gasteiger partial charge in [0.2, 0.25) is 0 Å². The van der Waals surface area contributed by atoms with Gasteiger partial charge >= 0.3 is 6.03 Å². The average molecular weight is 339 g/mol. The van der Waals surface area contributed by atoms with Crippen molar-refractivity contribution in [3.8, 4) is 0 Å². The van der Waals surface area contributed by atoms with Crippen molar-refractivity contribution in [1.29, 1.82) is 0 Å². The molecule has 5 nitrogen and oxygen atoms in total. The molecule has 0 saturated carbocycles. The van der Waals surface area contributed by atoms with Crippen LogP contribution < -0.4 is 5.32 Å². The minimum Gasteiger partial charge on any atom is -0.376 e. The molecule has 126 valence electrons. The first-order valence-corrected chi connectivity index (χ1v) is 8.55. The number of carbonyl (C=O) groups excluding carboxylic acids is 1. The summed E-state index contributed by atoms with van der Waals surface area (Å²) in [4.78, 5) is 14.3. The molecule has 0 aliphatic carbocycles. The van der Waals surface area contributed by atoms with E-state index in [0.29, 0.717) is 24.7 Å². The van der Waals surface area contributed by atoms with Crippen LogP contribution in [0.3, 0.4) is 0 Å². The summed E-state index contributed by atoms with van der Waals surface area (Å²) in [5, 5.41) is 3.76. The van der Waals surface area contributed by atoms with Crippen LogP contribution in [0, 0.1) is 0 Å². The third kappa shape index (κ3) is 4.16. The molecule has 2 heterocycles. The van der Waals surface area contributed by atoms with Crippen molar-refractivity contribution in [3.05, 3.63) is 34.9 Å². The number of benzene rings is 1. The monoisotopic (exact) mass is 338 g/mol. The molecule has 2 aliphatic heterocycles. The topological polar surface area (TPSA) is 50.8 Å². The lowest BCUT2D eigenvalue weighted by Crippen LogP contribution is -2.51. The van der Waals surface area contributed by atoms with E-state index in [9.17, 15) is 4.79 Å². The number of rotatable bonds is 3. The van der Waals surface area contributed by atoms with Crippen molar-refractivity contribution in [3.63, 3.8) is 0 Å². The number of ether oxygens (including phenoxy) is 2. The Hall–Kier alpha value is -1.30. The molecule has 1 aromatic carbocycles. The van der Waals surface area contributed by atoms with Gasteiger partial charge in [-0.3, -0.25) is 0 Å². The summed E-state index contributed by atoms with van der Waals surface area (Å²) in [6.45, 7) is 4.49. The summed E-state index contributed by atoms with van der Waals surface area (Å²) < 4.78 is 11.4. The van der Waals surface area contributed by atoms with Crippen LogP contribution in [0.15, 0.2) is 24.3 Å². The molecule has 1 N–H and O–H groups in total. The van der Waals surface area contributed by atoms with Gasteiger partial charge in [0.1, 0.15) is 6.10 Å². The highest BCUT2D eigenvalue weighted by Crippen LogP contribution is 2.24. The number of urea groups is 1. The number of morpholine rings is 1. The van der Waals surface area contributed by atoms with Crippen molar-refractivity contribution in [1.82, 2.24) is 10.2 Å². The lowest BCUT2D eigenvalue weighted by molar-refractivity contribution is -0.0166.